The molecule has 144 valence electrons. The largest absolute Gasteiger partial charge is 0.461 e. The summed E-state index contributed by atoms with van der Waals surface area (Å²) in [6.07, 6.45) is 0. The fourth-order valence-electron chi connectivity index (χ4n) is 3.32. The molecule has 4 aromatic rings. The van der Waals surface area contributed by atoms with Gasteiger partial charge in [-0.25, -0.2) is 4.39 Å². The van der Waals surface area contributed by atoms with E-state index in [1.807, 2.05) is 60.7 Å². The van der Waals surface area contributed by atoms with Gasteiger partial charge in [0.25, 0.3) is 5.91 Å². The number of halogens is 1. The molecule has 0 unspecified atom stereocenters. The van der Waals surface area contributed by atoms with Gasteiger partial charge in [0.2, 0.25) is 0 Å². The Morgan fingerprint density at radius 1 is 0.862 bits per heavy atom. The van der Waals surface area contributed by atoms with Crippen molar-refractivity contribution in [3.8, 4) is 11.3 Å². The molecule has 4 heteroatoms. The van der Waals surface area contributed by atoms with Gasteiger partial charge >= 0.3 is 0 Å². The molecule has 0 radical (unpaired) electrons. The third-order valence-electron chi connectivity index (χ3n) is 4.83. The highest BCUT2D eigenvalue weighted by atomic mass is 19.1. The van der Waals surface area contributed by atoms with E-state index in [0.29, 0.717) is 17.1 Å². The second-order valence-corrected chi connectivity index (χ2v) is 6.82. The molecule has 0 fully saturated rings. The summed E-state index contributed by atoms with van der Waals surface area (Å²) >= 11 is 0. The molecule has 0 saturated carbocycles. The molecule has 3 nitrogen and oxygen atoms in total. The van der Waals surface area contributed by atoms with Crippen LogP contribution in [0.3, 0.4) is 0 Å². The first-order valence-corrected chi connectivity index (χ1v) is 9.39. The molecule has 1 N–H and O–H groups in total. The van der Waals surface area contributed by atoms with Gasteiger partial charge in [-0.2, -0.15) is 0 Å². The van der Waals surface area contributed by atoms with Gasteiger partial charge in [-0.05, 0) is 48.4 Å². The van der Waals surface area contributed by atoms with Crippen molar-refractivity contribution in [3.63, 3.8) is 0 Å². The van der Waals surface area contributed by atoms with Crippen LogP contribution in [0.15, 0.2) is 95.4 Å². The van der Waals surface area contributed by atoms with Gasteiger partial charge in [0.1, 0.15) is 17.3 Å². The molecule has 0 aliphatic heterocycles. The minimum atomic E-state index is -0.316. The molecule has 0 atom stereocenters. The third-order valence-corrected chi connectivity index (χ3v) is 4.83. The van der Waals surface area contributed by atoms with Gasteiger partial charge in [-0.3, -0.25) is 4.79 Å². The summed E-state index contributed by atoms with van der Waals surface area (Å²) < 4.78 is 19.0. The molecule has 0 bridgehead atoms. The maximum atomic E-state index is 13.2. The van der Waals surface area contributed by atoms with Gasteiger partial charge in [-0.1, -0.05) is 60.7 Å². The number of aryl methyl sites for hydroxylation is 1. The smallest absolute Gasteiger partial charge is 0.255 e. The van der Waals surface area contributed by atoms with Crippen LogP contribution < -0.4 is 5.32 Å². The highest BCUT2D eigenvalue weighted by Crippen LogP contribution is 2.27. The highest BCUT2D eigenvalue weighted by molar-refractivity contribution is 5.96. The second-order valence-electron chi connectivity index (χ2n) is 6.82. The van der Waals surface area contributed by atoms with E-state index >= 15 is 0 Å². The van der Waals surface area contributed by atoms with Crippen molar-refractivity contribution in [3.05, 3.63) is 119 Å². The summed E-state index contributed by atoms with van der Waals surface area (Å²) in [7, 11) is 0. The Balaban J connectivity index is 1.64. The van der Waals surface area contributed by atoms with Crippen molar-refractivity contribution >= 4 is 5.91 Å². The standard InChI is InChI=1S/C25H20FNO2/c1-17-22(16-23(29-17)18-12-14-21(26)15-13-18)25(28)27-24(19-8-4-2-5-9-19)20-10-6-3-7-11-20/h2-16,24H,1H3,(H,27,28). The Morgan fingerprint density at radius 2 is 1.41 bits per heavy atom. The van der Waals surface area contributed by atoms with Crippen molar-refractivity contribution in [2.24, 2.45) is 0 Å². The summed E-state index contributed by atoms with van der Waals surface area (Å²) in [5, 5.41) is 3.12. The first kappa shape index (κ1) is 18.7. The Bertz CT molecular complexity index is 1060. The molecule has 4 rings (SSSR count). The number of rotatable bonds is 5. The topological polar surface area (TPSA) is 42.2 Å². The van der Waals surface area contributed by atoms with Gasteiger partial charge in [-0.15, -0.1) is 0 Å². The normalized spacial score (nSPS) is 10.9. The lowest BCUT2D eigenvalue weighted by molar-refractivity contribution is 0.0941. The van der Waals surface area contributed by atoms with Crippen LogP contribution in [0.2, 0.25) is 0 Å². The van der Waals surface area contributed by atoms with Crippen LogP contribution in [0.5, 0.6) is 0 Å². The molecule has 1 heterocycles. The molecule has 0 spiro atoms. The SMILES string of the molecule is Cc1oc(-c2ccc(F)cc2)cc1C(=O)NC(c1ccccc1)c1ccccc1. The quantitative estimate of drug-likeness (QED) is 0.464. The molecule has 0 saturated heterocycles. The zero-order valence-electron chi connectivity index (χ0n) is 15.9. The van der Waals surface area contributed by atoms with Crippen LogP contribution in [0, 0.1) is 12.7 Å². The molecule has 1 amide bonds. The molecular weight excluding hydrogens is 365 g/mol. The summed E-state index contributed by atoms with van der Waals surface area (Å²) in [6, 6.07) is 27.1. The van der Waals surface area contributed by atoms with Crippen molar-refractivity contribution in [2.75, 3.05) is 0 Å². The van der Waals surface area contributed by atoms with E-state index in [2.05, 4.69) is 5.32 Å². The van der Waals surface area contributed by atoms with Crippen molar-refractivity contribution in [1.29, 1.82) is 0 Å². The second kappa shape index (κ2) is 8.15. The number of carbonyl (C=O) groups is 1. The van der Waals surface area contributed by atoms with E-state index in [9.17, 15) is 9.18 Å². The minimum absolute atomic E-state index is 0.225. The number of furan rings is 1. The van der Waals surface area contributed by atoms with Crippen LogP contribution in [-0.4, -0.2) is 5.91 Å². The van der Waals surface area contributed by atoms with Crippen LogP contribution in [0.1, 0.15) is 33.3 Å². The maximum Gasteiger partial charge on any atom is 0.255 e. The summed E-state index contributed by atoms with van der Waals surface area (Å²) in [5.74, 6) is 0.506. The average molecular weight is 385 g/mol. The van der Waals surface area contributed by atoms with E-state index in [1.165, 1.54) is 12.1 Å². The van der Waals surface area contributed by atoms with Gasteiger partial charge < -0.3 is 9.73 Å². The molecular formula is C25H20FNO2. The fraction of sp³-hybridized carbons (Fsp3) is 0.0800. The Kier molecular flexibility index (Phi) is 5.25. The van der Waals surface area contributed by atoms with Gasteiger partial charge in [0.15, 0.2) is 0 Å². The van der Waals surface area contributed by atoms with E-state index in [4.69, 9.17) is 4.42 Å². The number of amides is 1. The van der Waals surface area contributed by atoms with Crippen LogP contribution in [0.25, 0.3) is 11.3 Å². The summed E-state index contributed by atoms with van der Waals surface area (Å²) in [6.45, 7) is 1.75. The predicted molar refractivity (Wildman–Crippen MR) is 111 cm³/mol. The highest BCUT2D eigenvalue weighted by Gasteiger charge is 2.21. The summed E-state index contributed by atoms with van der Waals surface area (Å²) in [5.41, 5.74) is 3.16. The minimum Gasteiger partial charge on any atom is -0.461 e. The third kappa shape index (κ3) is 4.11. The van der Waals surface area contributed by atoms with E-state index in [1.54, 1.807) is 25.1 Å². The zero-order chi connectivity index (χ0) is 20.2. The number of nitrogens with one attached hydrogen (secondary N) is 1. The lowest BCUT2D eigenvalue weighted by atomic mass is 9.98. The maximum absolute atomic E-state index is 13.2. The molecule has 3 aromatic carbocycles. The molecule has 1 aromatic heterocycles. The Labute approximate surface area is 168 Å². The van der Waals surface area contributed by atoms with E-state index in [-0.39, 0.29) is 17.8 Å². The van der Waals surface area contributed by atoms with Crippen LogP contribution in [-0.2, 0) is 0 Å². The molecule has 0 aliphatic carbocycles. The molecule has 29 heavy (non-hydrogen) atoms. The average Bonchev–Trinajstić information content (AvgIpc) is 3.15. The monoisotopic (exact) mass is 385 g/mol. The van der Waals surface area contributed by atoms with Crippen molar-refractivity contribution in [2.45, 2.75) is 13.0 Å². The van der Waals surface area contributed by atoms with Gasteiger partial charge in [0, 0.05) is 5.56 Å². The predicted octanol–water partition coefficient (Wildman–Crippen LogP) is 5.91. The number of hydrogen-bond donors (Lipinski definition) is 1. The fourth-order valence-corrected chi connectivity index (χ4v) is 3.32. The Morgan fingerprint density at radius 3 is 1.97 bits per heavy atom. The van der Waals surface area contributed by atoms with E-state index in [0.717, 1.165) is 16.7 Å². The van der Waals surface area contributed by atoms with E-state index < -0.39 is 0 Å². The van der Waals surface area contributed by atoms with Crippen molar-refractivity contribution < 1.29 is 13.6 Å². The number of benzene rings is 3. The first-order chi connectivity index (χ1) is 14.1. The van der Waals surface area contributed by atoms with Crippen molar-refractivity contribution in [1.82, 2.24) is 5.32 Å². The molecule has 0 aliphatic rings. The number of hydrogen-bond acceptors (Lipinski definition) is 2. The Hall–Kier alpha value is -3.66. The van der Waals surface area contributed by atoms with Crippen LogP contribution in [0.4, 0.5) is 4.39 Å². The summed E-state index contributed by atoms with van der Waals surface area (Å²) in [4.78, 5) is 13.1. The zero-order valence-corrected chi connectivity index (χ0v) is 15.9. The van der Waals surface area contributed by atoms with Gasteiger partial charge in [0.05, 0.1) is 11.6 Å². The lowest BCUT2D eigenvalue weighted by Crippen LogP contribution is -2.29. The number of carbonyl (C=O) groups excluding carboxylic acids is 1. The van der Waals surface area contributed by atoms with Crippen LogP contribution >= 0.6 is 0 Å². The first-order valence-electron chi connectivity index (χ1n) is 9.39. The lowest BCUT2D eigenvalue weighted by Gasteiger charge is -2.19.